The molecule has 0 saturated heterocycles. The molecule has 0 aliphatic carbocycles. The molecule has 0 aliphatic heterocycles. The maximum atomic E-state index is 12.2. The number of amides is 1. The Kier molecular flexibility index (Phi) is 9.80. The molecule has 2 aromatic carbocycles. The summed E-state index contributed by atoms with van der Waals surface area (Å²) in [6.07, 6.45) is 0. The largest absolute Gasteiger partial charge is 0.508 e. The van der Waals surface area contributed by atoms with Crippen molar-refractivity contribution in [2.75, 3.05) is 25.0 Å². The zero-order chi connectivity index (χ0) is 21.9. The summed E-state index contributed by atoms with van der Waals surface area (Å²) in [6, 6.07) is 10.7. The second-order valence-electron chi connectivity index (χ2n) is 5.68. The average molecular weight is 423 g/mol. The van der Waals surface area contributed by atoms with Gasteiger partial charge in [0.15, 0.2) is 0 Å². The van der Waals surface area contributed by atoms with Gasteiger partial charge < -0.3 is 20.8 Å². The van der Waals surface area contributed by atoms with Crippen molar-refractivity contribution >= 4 is 27.6 Å². The van der Waals surface area contributed by atoms with Gasteiger partial charge in [0, 0.05) is 5.69 Å². The molecule has 0 spiro atoms. The summed E-state index contributed by atoms with van der Waals surface area (Å²) in [7, 11) is -4.16. The first-order valence-corrected chi connectivity index (χ1v) is 10.3. The molecule has 10 heteroatoms. The van der Waals surface area contributed by atoms with Crippen molar-refractivity contribution in [1.82, 2.24) is 10.0 Å². The van der Waals surface area contributed by atoms with Gasteiger partial charge in [-0.25, -0.2) is 17.9 Å². The summed E-state index contributed by atoms with van der Waals surface area (Å²) in [4.78, 5) is 22.4. The van der Waals surface area contributed by atoms with E-state index in [0.29, 0.717) is 5.69 Å². The van der Waals surface area contributed by atoms with Crippen molar-refractivity contribution in [3.8, 4) is 5.75 Å². The lowest BCUT2D eigenvalue weighted by Gasteiger charge is -2.09. The number of aromatic carboxylic acids is 1. The number of carboxylic acids is 1. The van der Waals surface area contributed by atoms with E-state index in [9.17, 15) is 18.0 Å². The Morgan fingerprint density at radius 3 is 2.07 bits per heavy atom. The Morgan fingerprint density at radius 1 is 0.966 bits per heavy atom. The van der Waals surface area contributed by atoms with E-state index in [-0.39, 0.29) is 11.3 Å². The number of aromatic hydroxyl groups is 1. The van der Waals surface area contributed by atoms with E-state index < -0.39 is 33.3 Å². The number of hydrogen-bond donors (Lipinski definition) is 5. The van der Waals surface area contributed by atoms with Crippen LogP contribution in [0, 0.1) is 0 Å². The summed E-state index contributed by atoms with van der Waals surface area (Å²) in [5.74, 6) is -2.00. The van der Waals surface area contributed by atoms with Crippen LogP contribution in [0.15, 0.2) is 53.4 Å². The predicted molar refractivity (Wildman–Crippen MR) is 110 cm³/mol. The Hall–Kier alpha value is -2.95. The molecule has 0 bridgehead atoms. The van der Waals surface area contributed by atoms with Gasteiger partial charge >= 0.3 is 5.97 Å². The lowest BCUT2D eigenvalue weighted by atomic mass is 10.2. The molecule has 0 aromatic heterocycles. The molecule has 1 amide bonds. The molecule has 0 radical (unpaired) electrons. The molecular formula is C19H25N3O6S. The Labute approximate surface area is 169 Å². The van der Waals surface area contributed by atoms with E-state index in [1.54, 1.807) is 0 Å². The minimum absolute atomic E-state index is 0.0268. The number of carbonyl (C=O) groups is 2. The Balaban J connectivity index is 0.000000749. The Bertz CT molecular complexity index is 912. The molecular weight excluding hydrogens is 398 g/mol. The fourth-order valence-corrected chi connectivity index (χ4v) is 3.30. The molecule has 0 aliphatic rings. The molecule has 0 unspecified atom stereocenters. The van der Waals surface area contributed by atoms with Crippen molar-refractivity contribution < 1.29 is 28.2 Å². The second-order valence-corrected chi connectivity index (χ2v) is 7.41. The minimum Gasteiger partial charge on any atom is -0.508 e. The highest BCUT2D eigenvalue weighted by molar-refractivity contribution is 7.89. The Morgan fingerprint density at radius 2 is 1.55 bits per heavy atom. The van der Waals surface area contributed by atoms with Crippen molar-refractivity contribution in [3.63, 3.8) is 0 Å². The van der Waals surface area contributed by atoms with Crippen LogP contribution < -0.4 is 15.4 Å². The normalized spacial score (nSPS) is 10.6. The summed E-state index contributed by atoms with van der Waals surface area (Å²) >= 11 is 0. The van der Waals surface area contributed by atoms with Gasteiger partial charge in [-0.3, -0.25) is 4.79 Å². The fourth-order valence-electron chi connectivity index (χ4n) is 2.12. The molecule has 0 atom stereocenters. The first-order chi connectivity index (χ1) is 13.7. The monoisotopic (exact) mass is 423 g/mol. The quantitative estimate of drug-likeness (QED) is 0.406. The van der Waals surface area contributed by atoms with E-state index in [1.165, 1.54) is 36.4 Å². The van der Waals surface area contributed by atoms with Crippen LogP contribution in [0.25, 0.3) is 0 Å². The number of hydrogen-bond acceptors (Lipinski definition) is 6. The summed E-state index contributed by atoms with van der Waals surface area (Å²) in [5.41, 5.74) is -0.00752. The fraction of sp³-hybridized carbons (Fsp3) is 0.263. The molecule has 0 fully saturated rings. The molecule has 5 N–H and O–H groups in total. The first-order valence-electron chi connectivity index (χ1n) is 8.82. The van der Waals surface area contributed by atoms with Crippen molar-refractivity contribution in [2.45, 2.75) is 18.7 Å². The van der Waals surface area contributed by atoms with Crippen LogP contribution in [-0.4, -0.2) is 50.1 Å². The number of carbonyl (C=O) groups excluding carboxylic acids is 1. The van der Waals surface area contributed by atoms with Gasteiger partial charge in [0.2, 0.25) is 15.9 Å². The number of anilines is 1. The van der Waals surface area contributed by atoms with E-state index in [1.807, 2.05) is 4.72 Å². The smallest absolute Gasteiger partial charge is 0.337 e. The number of benzene rings is 2. The van der Waals surface area contributed by atoms with Gasteiger partial charge in [-0.05, 0) is 49.5 Å². The lowest BCUT2D eigenvalue weighted by Crippen LogP contribution is -2.33. The van der Waals surface area contributed by atoms with E-state index in [4.69, 9.17) is 10.2 Å². The van der Waals surface area contributed by atoms with Gasteiger partial charge in [-0.2, -0.15) is 0 Å². The number of phenols is 1. The average Bonchev–Trinajstić information content (AvgIpc) is 2.69. The maximum Gasteiger partial charge on any atom is 0.337 e. The van der Waals surface area contributed by atoms with Crippen LogP contribution in [-0.2, 0) is 14.8 Å². The third-order valence-corrected chi connectivity index (χ3v) is 4.94. The molecule has 2 aromatic rings. The van der Waals surface area contributed by atoms with Crippen LogP contribution in [0.4, 0.5) is 5.69 Å². The number of carboxylic acid groups (broad SMARTS) is 1. The highest BCUT2D eigenvalue weighted by atomic mass is 32.2. The van der Waals surface area contributed by atoms with Gasteiger partial charge in [0.25, 0.3) is 0 Å². The lowest BCUT2D eigenvalue weighted by molar-refractivity contribution is -0.115. The molecule has 0 saturated carbocycles. The SMILES string of the molecule is CCNCC.O=C(CNS(=O)(=O)c1ccccc1C(=O)O)Nc1ccc(O)cc1. The summed E-state index contributed by atoms with van der Waals surface area (Å²) in [5, 5.41) is 23.7. The number of rotatable bonds is 8. The third kappa shape index (κ3) is 8.30. The second kappa shape index (κ2) is 11.8. The maximum absolute atomic E-state index is 12.2. The topological polar surface area (TPSA) is 145 Å². The number of nitrogens with one attached hydrogen (secondary N) is 3. The summed E-state index contributed by atoms with van der Waals surface area (Å²) in [6.45, 7) is 5.82. The molecule has 0 heterocycles. The van der Waals surface area contributed by atoms with Crippen LogP contribution in [0.1, 0.15) is 24.2 Å². The highest BCUT2D eigenvalue weighted by Gasteiger charge is 2.22. The standard InChI is InChI=1S/C15H14N2O6S.C4H11N/c18-11-7-5-10(6-8-11)17-14(19)9-16-24(22,23)13-4-2-1-3-12(13)15(20)21;1-3-5-4-2/h1-8,16,18H,9H2,(H,17,19)(H,20,21);5H,3-4H2,1-2H3. The number of sulfonamides is 1. The summed E-state index contributed by atoms with van der Waals surface area (Å²) < 4.78 is 26.4. The first kappa shape index (κ1) is 24.1. The van der Waals surface area contributed by atoms with Crippen LogP contribution in [0.5, 0.6) is 5.75 Å². The zero-order valence-corrected chi connectivity index (χ0v) is 17.0. The van der Waals surface area contributed by atoms with E-state index in [0.717, 1.165) is 25.2 Å². The van der Waals surface area contributed by atoms with Gasteiger partial charge in [-0.15, -0.1) is 0 Å². The van der Waals surface area contributed by atoms with E-state index >= 15 is 0 Å². The molecule has 9 nitrogen and oxygen atoms in total. The minimum atomic E-state index is -4.16. The van der Waals surface area contributed by atoms with Gasteiger partial charge in [0.1, 0.15) is 5.75 Å². The predicted octanol–water partition coefficient (Wildman–Crippen LogP) is 1.62. The van der Waals surface area contributed by atoms with Crippen LogP contribution in [0.3, 0.4) is 0 Å². The van der Waals surface area contributed by atoms with Crippen LogP contribution >= 0.6 is 0 Å². The number of phenolic OH excluding ortho intramolecular Hbond substituents is 1. The molecule has 158 valence electrons. The third-order valence-electron chi connectivity index (χ3n) is 3.48. The van der Waals surface area contributed by atoms with Crippen molar-refractivity contribution in [3.05, 3.63) is 54.1 Å². The van der Waals surface area contributed by atoms with Gasteiger partial charge in [-0.1, -0.05) is 26.0 Å². The molecule has 29 heavy (non-hydrogen) atoms. The van der Waals surface area contributed by atoms with E-state index in [2.05, 4.69) is 24.5 Å². The highest BCUT2D eigenvalue weighted by Crippen LogP contribution is 2.16. The molecule has 2 rings (SSSR count). The zero-order valence-electron chi connectivity index (χ0n) is 16.2. The van der Waals surface area contributed by atoms with Gasteiger partial charge in [0.05, 0.1) is 17.0 Å². The van der Waals surface area contributed by atoms with Crippen molar-refractivity contribution in [2.24, 2.45) is 0 Å². The van der Waals surface area contributed by atoms with Crippen molar-refractivity contribution in [1.29, 1.82) is 0 Å². The van der Waals surface area contributed by atoms with Crippen LogP contribution in [0.2, 0.25) is 0 Å².